The van der Waals surface area contributed by atoms with Crippen molar-refractivity contribution in [1.29, 1.82) is 0 Å². The molecule has 0 atom stereocenters. The van der Waals surface area contributed by atoms with Crippen molar-refractivity contribution in [3.05, 3.63) is 76.8 Å². The summed E-state index contributed by atoms with van der Waals surface area (Å²) in [4.78, 5) is 20.7. The van der Waals surface area contributed by atoms with E-state index in [1.165, 1.54) is 5.69 Å². The highest BCUT2D eigenvalue weighted by Gasteiger charge is 2.27. The molecule has 0 N–H and O–H groups in total. The van der Waals surface area contributed by atoms with Gasteiger partial charge in [0.05, 0.1) is 24.8 Å². The second kappa shape index (κ2) is 10.9. The summed E-state index contributed by atoms with van der Waals surface area (Å²) in [5.41, 5.74) is 4.12. The van der Waals surface area contributed by atoms with Crippen molar-refractivity contribution in [2.45, 2.75) is 0 Å². The van der Waals surface area contributed by atoms with Crippen molar-refractivity contribution < 1.29 is 14.4 Å². The number of anilines is 4. The lowest BCUT2D eigenvalue weighted by atomic mass is 10.1. The van der Waals surface area contributed by atoms with Crippen molar-refractivity contribution in [3.63, 3.8) is 0 Å². The molecule has 9 nitrogen and oxygen atoms in total. The first-order chi connectivity index (χ1) is 18.1. The molecule has 2 aliphatic rings. The highest BCUT2D eigenvalue weighted by atomic mass is 16.6. The van der Waals surface area contributed by atoms with E-state index < -0.39 is 0 Å². The number of hydrogen-bond acceptors (Lipinski definition) is 8. The summed E-state index contributed by atoms with van der Waals surface area (Å²) in [7, 11) is 3.35. The largest absolute Gasteiger partial charge is 0.497 e. The van der Waals surface area contributed by atoms with E-state index in [2.05, 4.69) is 37.8 Å². The van der Waals surface area contributed by atoms with Crippen molar-refractivity contribution >= 4 is 28.4 Å². The van der Waals surface area contributed by atoms with E-state index in [0.717, 1.165) is 62.1 Å². The van der Waals surface area contributed by atoms with E-state index >= 15 is 0 Å². The van der Waals surface area contributed by atoms with Crippen LogP contribution in [0.4, 0.5) is 28.4 Å². The van der Waals surface area contributed by atoms with Gasteiger partial charge in [-0.15, -0.1) is 0 Å². The van der Waals surface area contributed by atoms with Gasteiger partial charge in [0.2, 0.25) is 0 Å². The maximum Gasteiger partial charge on any atom is 0.292 e. The Labute approximate surface area is 217 Å². The van der Waals surface area contributed by atoms with Crippen LogP contribution in [0.5, 0.6) is 11.5 Å². The van der Waals surface area contributed by atoms with Gasteiger partial charge in [0, 0.05) is 69.8 Å². The van der Waals surface area contributed by atoms with Crippen LogP contribution in [0.3, 0.4) is 0 Å². The van der Waals surface area contributed by atoms with Gasteiger partial charge in [0.25, 0.3) is 5.69 Å². The van der Waals surface area contributed by atoms with E-state index in [4.69, 9.17) is 9.47 Å². The third-order valence-corrected chi connectivity index (χ3v) is 7.28. The lowest BCUT2D eigenvalue weighted by Crippen LogP contribution is -2.47. The van der Waals surface area contributed by atoms with Gasteiger partial charge in [0.1, 0.15) is 17.2 Å². The third-order valence-electron chi connectivity index (χ3n) is 7.28. The molecule has 0 aliphatic carbocycles. The fraction of sp³-hybridized carbons (Fsp3) is 0.357. The number of para-hydroxylation sites is 2. The predicted molar refractivity (Wildman–Crippen MR) is 148 cm³/mol. The normalized spacial score (nSPS) is 16.1. The van der Waals surface area contributed by atoms with Crippen LogP contribution in [-0.4, -0.2) is 71.5 Å². The van der Waals surface area contributed by atoms with Gasteiger partial charge < -0.3 is 29.1 Å². The molecule has 37 heavy (non-hydrogen) atoms. The van der Waals surface area contributed by atoms with Gasteiger partial charge in [-0.2, -0.15) is 0 Å². The minimum absolute atomic E-state index is 0.159. The number of piperazine rings is 2. The van der Waals surface area contributed by atoms with Gasteiger partial charge in [-0.3, -0.25) is 10.1 Å². The zero-order valence-electron chi connectivity index (χ0n) is 21.4. The summed E-state index contributed by atoms with van der Waals surface area (Å²) in [6, 6.07) is 21.7. The van der Waals surface area contributed by atoms with Crippen LogP contribution < -0.4 is 29.1 Å². The van der Waals surface area contributed by atoms with Crippen LogP contribution in [0.1, 0.15) is 0 Å². The summed E-state index contributed by atoms with van der Waals surface area (Å²) >= 11 is 0. The Kier molecular flexibility index (Phi) is 7.20. The first-order valence-corrected chi connectivity index (χ1v) is 12.6. The van der Waals surface area contributed by atoms with Crippen LogP contribution in [0.2, 0.25) is 0 Å². The van der Waals surface area contributed by atoms with Crippen LogP contribution in [-0.2, 0) is 0 Å². The van der Waals surface area contributed by atoms with Crippen molar-refractivity contribution in [3.8, 4) is 11.5 Å². The molecule has 2 fully saturated rings. The van der Waals surface area contributed by atoms with Crippen LogP contribution in [0.25, 0.3) is 0 Å². The second-order valence-corrected chi connectivity index (χ2v) is 9.25. The van der Waals surface area contributed by atoms with Crippen molar-refractivity contribution in [2.24, 2.45) is 0 Å². The molecule has 2 aliphatic heterocycles. The SMILES string of the molecule is COc1ccc(N2CCN(c3ccc([N+](=O)[O-])c(N4CCN(c5ccccc5OC)CC4)c3)CC2)cc1. The van der Waals surface area contributed by atoms with Crippen LogP contribution >= 0.6 is 0 Å². The van der Waals surface area contributed by atoms with Gasteiger partial charge >= 0.3 is 0 Å². The highest BCUT2D eigenvalue weighted by molar-refractivity contribution is 5.71. The number of benzene rings is 3. The van der Waals surface area contributed by atoms with Crippen molar-refractivity contribution in [2.75, 3.05) is 86.2 Å². The van der Waals surface area contributed by atoms with Gasteiger partial charge in [-0.05, 0) is 48.5 Å². The van der Waals surface area contributed by atoms with E-state index in [1.807, 2.05) is 42.5 Å². The number of methoxy groups -OCH3 is 2. The number of nitro benzene ring substituents is 1. The number of rotatable bonds is 7. The zero-order valence-corrected chi connectivity index (χ0v) is 21.4. The molecule has 2 saturated heterocycles. The van der Waals surface area contributed by atoms with E-state index in [-0.39, 0.29) is 10.6 Å². The maximum atomic E-state index is 11.9. The van der Waals surface area contributed by atoms with E-state index in [9.17, 15) is 10.1 Å². The molecule has 0 saturated carbocycles. The fourth-order valence-electron chi connectivity index (χ4n) is 5.21. The average Bonchev–Trinajstić information content (AvgIpc) is 2.97. The number of nitro groups is 1. The quantitative estimate of drug-likeness (QED) is 0.350. The lowest BCUT2D eigenvalue weighted by Gasteiger charge is -2.39. The Hall–Kier alpha value is -4.14. The van der Waals surface area contributed by atoms with E-state index in [0.29, 0.717) is 18.8 Å². The summed E-state index contributed by atoms with van der Waals surface area (Å²) in [5, 5.41) is 11.9. The molecule has 194 valence electrons. The molecule has 2 heterocycles. The monoisotopic (exact) mass is 503 g/mol. The predicted octanol–water partition coefficient (Wildman–Crippen LogP) is 4.27. The standard InChI is InChI=1S/C28H33N5O4/c1-36-24-10-7-22(8-11-24)29-13-15-30(16-14-29)23-9-12-25(33(34)35)27(21-23)32-19-17-31(18-20-32)26-5-3-4-6-28(26)37-2/h3-12,21H,13-20H2,1-2H3. The molecular formula is C28H33N5O4. The summed E-state index contributed by atoms with van der Waals surface area (Å²) < 4.78 is 10.8. The summed E-state index contributed by atoms with van der Waals surface area (Å²) in [6.07, 6.45) is 0. The number of ether oxygens (including phenoxy) is 2. The zero-order chi connectivity index (χ0) is 25.8. The third kappa shape index (κ3) is 5.21. The Morgan fingerprint density at radius 1 is 0.649 bits per heavy atom. The smallest absolute Gasteiger partial charge is 0.292 e. The second-order valence-electron chi connectivity index (χ2n) is 9.25. The molecule has 0 bridgehead atoms. The maximum absolute atomic E-state index is 11.9. The molecule has 0 radical (unpaired) electrons. The minimum Gasteiger partial charge on any atom is -0.497 e. The first-order valence-electron chi connectivity index (χ1n) is 12.6. The Morgan fingerprint density at radius 3 is 1.78 bits per heavy atom. The molecule has 3 aromatic carbocycles. The topological polar surface area (TPSA) is 74.6 Å². The Balaban J connectivity index is 1.28. The van der Waals surface area contributed by atoms with E-state index in [1.54, 1.807) is 20.3 Å². The molecule has 3 aromatic rings. The first kappa shape index (κ1) is 24.5. The molecule has 9 heteroatoms. The van der Waals surface area contributed by atoms with Gasteiger partial charge in [-0.25, -0.2) is 0 Å². The summed E-state index contributed by atoms with van der Waals surface area (Å²) in [6.45, 7) is 6.41. The molecular weight excluding hydrogens is 470 g/mol. The number of nitrogens with zero attached hydrogens (tertiary/aromatic N) is 5. The van der Waals surface area contributed by atoms with Crippen molar-refractivity contribution in [1.82, 2.24) is 0 Å². The van der Waals surface area contributed by atoms with Gasteiger partial charge in [0.15, 0.2) is 0 Å². The fourth-order valence-corrected chi connectivity index (χ4v) is 5.21. The number of hydrogen-bond donors (Lipinski definition) is 0. The molecule has 0 unspecified atom stereocenters. The molecule has 5 rings (SSSR count). The van der Waals surface area contributed by atoms with Crippen LogP contribution in [0, 0.1) is 10.1 Å². The Morgan fingerprint density at radius 2 is 1.19 bits per heavy atom. The van der Waals surface area contributed by atoms with Gasteiger partial charge in [-0.1, -0.05) is 12.1 Å². The molecule has 0 amide bonds. The lowest BCUT2D eigenvalue weighted by molar-refractivity contribution is -0.384. The molecule has 0 aromatic heterocycles. The minimum atomic E-state index is -0.271. The highest BCUT2D eigenvalue weighted by Crippen LogP contribution is 2.35. The Bertz CT molecular complexity index is 1220. The van der Waals surface area contributed by atoms with Crippen LogP contribution in [0.15, 0.2) is 66.7 Å². The molecule has 0 spiro atoms. The summed E-state index contributed by atoms with van der Waals surface area (Å²) in [5.74, 6) is 1.70. The average molecular weight is 504 g/mol.